The van der Waals surface area contributed by atoms with Crippen LogP contribution in [0.2, 0.25) is 0 Å². The lowest BCUT2D eigenvalue weighted by atomic mass is 10.1. The number of aryl methyl sites for hydroxylation is 2. The zero-order valence-corrected chi connectivity index (χ0v) is 12.1. The monoisotopic (exact) mass is 277 g/mol. The fraction of sp³-hybridized carbons (Fsp3) is 0.400. The molecule has 0 aliphatic heterocycles. The summed E-state index contributed by atoms with van der Waals surface area (Å²) < 4.78 is 21.2. The predicted octanol–water partition coefficient (Wildman–Crippen LogP) is 2.34. The fourth-order valence-electron chi connectivity index (χ4n) is 2.11. The molecule has 5 heteroatoms. The first kappa shape index (κ1) is 14.5. The Labute approximate surface area is 118 Å². The Bertz CT molecular complexity index is 593. The molecule has 0 radical (unpaired) electrons. The molecule has 1 heterocycles. The number of nitrogens with two attached hydrogens (primary N) is 1. The summed E-state index contributed by atoms with van der Waals surface area (Å²) in [6.07, 6.45) is 0.651. The molecule has 108 valence electrons. The van der Waals surface area contributed by atoms with Crippen LogP contribution in [-0.4, -0.2) is 15.8 Å². The van der Waals surface area contributed by atoms with E-state index in [-0.39, 0.29) is 17.6 Å². The number of hydrogen-bond donors (Lipinski definition) is 1. The minimum atomic E-state index is -0.359. The predicted molar refractivity (Wildman–Crippen MR) is 76.0 cm³/mol. The maximum Gasteiger partial charge on any atom is 0.165 e. The van der Waals surface area contributed by atoms with Crippen LogP contribution in [0, 0.1) is 12.7 Å². The Hall–Kier alpha value is -1.88. The van der Waals surface area contributed by atoms with Crippen LogP contribution in [0.1, 0.15) is 23.9 Å². The highest BCUT2D eigenvalue weighted by Crippen LogP contribution is 2.20. The van der Waals surface area contributed by atoms with Crippen molar-refractivity contribution < 1.29 is 9.13 Å². The molecule has 0 fully saturated rings. The van der Waals surface area contributed by atoms with Gasteiger partial charge < -0.3 is 10.5 Å². The molecule has 0 bridgehead atoms. The van der Waals surface area contributed by atoms with Gasteiger partial charge in [0.1, 0.15) is 6.61 Å². The summed E-state index contributed by atoms with van der Waals surface area (Å²) >= 11 is 0. The second kappa shape index (κ2) is 6.05. The average Bonchev–Trinajstić information content (AvgIpc) is 2.66. The van der Waals surface area contributed by atoms with E-state index < -0.39 is 0 Å². The van der Waals surface area contributed by atoms with Gasteiger partial charge in [0.25, 0.3) is 0 Å². The van der Waals surface area contributed by atoms with Gasteiger partial charge in [0, 0.05) is 13.1 Å². The summed E-state index contributed by atoms with van der Waals surface area (Å²) in [5.74, 6) is -0.112. The van der Waals surface area contributed by atoms with Crippen molar-refractivity contribution in [2.24, 2.45) is 12.8 Å². The molecule has 0 saturated carbocycles. The van der Waals surface area contributed by atoms with Gasteiger partial charge in [-0.3, -0.25) is 4.68 Å². The zero-order chi connectivity index (χ0) is 14.7. The first-order valence-corrected chi connectivity index (χ1v) is 6.62. The molecule has 1 atom stereocenters. The maximum absolute atomic E-state index is 13.9. The lowest BCUT2D eigenvalue weighted by Crippen LogP contribution is -2.17. The van der Waals surface area contributed by atoms with Crippen LogP contribution in [0.3, 0.4) is 0 Å². The van der Waals surface area contributed by atoms with Gasteiger partial charge in [0.2, 0.25) is 0 Å². The number of nitrogens with zero attached hydrogens (tertiary/aromatic N) is 2. The third-order valence-corrected chi connectivity index (χ3v) is 3.03. The summed E-state index contributed by atoms with van der Waals surface area (Å²) in [5, 5.41) is 4.22. The Balaban J connectivity index is 2.04. The Kier molecular flexibility index (Phi) is 4.39. The van der Waals surface area contributed by atoms with Crippen molar-refractivity contribution in [3.8, 4) is 5.75 Å². The molecule has 1 aromatic heterocycles. The molecular weight excluding hydrogens is 257 g/mol. The Morgan fingerprint density at radius 1 is 1.40 bits per heavy atom. The summed E-state index contributed by atoms with van der Waals surface area (Å²) in [4.78, 5) is 0. The van der Waals surface area contributed by atoms with E-state index in [2.05, 4.69) is 5.10 Å². The van der Waals surface area contributed by atoms with E-state index in [4.69, 9.17) is 10.5 Å². The molecule has 2 N–H and O–H groups in total. The topological polar surface area (TPSA) is 53.1 Å². The van der Waals surface area contributed by atoms with Crippen molar-refractivity contribution in [2.75, 3.05) is 0 Å². The average molecular weight is 277 g/mol. The van der Waals surface area contributed by atoms with Gasteiger partial charge in [-0.1, -0.05) is 6.07 Å². The van der Waals surface area contributed by atoms with Gasteiger partial charge in [-0.15, -0.1) is 0 Å². The molecule has 0 saturated heterocycles. The van der Waals surface area contributed by atoms with Crippen LogP contribution in [0.5, 0.6) is 5.75 Å². The number of rotatable bonds is 5. The van der Waals surface area contributed by atoms with Gasteiger partial charge in [-0.2, -0.15) is 5.10 Å². The highest BCUT2D eigenvalue weighted by Gasteiger charge is 2.08. The van der Waals surface area contributed by atoms with Crippen molar-refractivity contribution in [3.05, 3.63) is 47.0 Å². The van der Waals surface area contributed by atoms with Gasteiger partial charge in [0.05, 0.1) is 11.4 Å². The van der Waals surface area contributed by atoms with Crippen molar-refractivity contribution >= 4 is 0 Å². The minimum absolute atomic E-state index is 0.0126. The molecule has 4 nitrogen and oxygen atoms in total. The van der Waals surface area contributed by atoms with Crippen LogP contribution in [0.15, 0.2) is 24.3 Å². The number of aromatic nitrogens is 2. The fourth-order valence-corrected chi connectivity index (χ4v) is 2.11. The summed E-state index contributed by atoms with van der Waals surface area (Å²) in [6.45, 7) is 4.10. The maximum atomic E-state index is 13.9. The highest BCUT2D eigenvalue weighted by molar-refractivity contribution is 5.30. The molecule has 2 rings (SSSR count). The van der Waals surface area contributed by atoms with E-state index >= 15 is 0 Å². The van der Waals surface area contributed by atoms with E-state index in [1.807, 2.05) is 33.0 Å². The van der Waals surface area contributed by atoms with Crippen LogP contribution < -0.4 is 10.5 Å². The SMILES string of the molecule is Cc1cc(COc2ccc(CC(C)N)cc2F)n(C)n1. The summed E-state index contributed by atoms with van der Waals surface area (Å²) in [6, 6.07) is 6.90. The first-order chi connectivity index (χ1) is 9.45. The van der Waals surface area contributed by atoms with Crippen molar-refractivity contribution in [1.29, 1.82) is 0 Å². The van der Waals surface area contributed by atoms with E-state index in [1.165, 1.54) is 6.07 Å². The van der Waals surface area contributed by atoms with Crippen molar-refractivity contribution in [1.82, 2.24) is 9.78 Å². The molecule has 1 aromatic carbocycles. The second-order valence-electron chi connectivity index (χ2n) is 5.14. The highest BCUT2D eigenvalue weighted by atomic mass is 19.1. The van der Waals surface area contributed by atoms with Crippen molar-refractivity contribution in [3.63, 3.8) is 0 Å². The van der Waals surface area contributed by atoms with Crippen LogP contribution in [0.4, 0.5) is 4.39 Å². The number of halogens is 1. The second-order valence-corrected chi connectivity index (χ2v) is 5.14. The first-order valence-electron chi connectivity index (χ1n) is 6.62. The van der Waals surface area contributed by atoms with Gasteiger partial charge in [-0.05, 0) is 44.0 Å². The van der Waals surface area contributed by atoms with Crippen molar-refractivity contribution in [2.45, 2.75) is 32.9 Å². The van der Waals surface area contributed by atoms with Crippen LogP contribution >= 0.6 is 0 Å². The lowest BCUT2D eigenvalue weighted by Gasteiger charge is -2.10. The van der Waals surface area contributed by atoms with E-state index in [9.17, 15) is 4.39 Å². The lowest BCUT2D eigenvalue weighted by molar-refractivity contribution is 0.280. The molecular formula is C15H20FN3O. The normalized spacial score (nSPS) is 12.4. The summed E-state index contributed by atoms with van der Waals surface area (Å²) in [5.41, 5.74) is 8.40. The third kappa shape index (κ3) is 3.57. The van der Waals surface area contributed by atoms with Crippen LogP contribution in [0.25, 0.3) is 0 Å². The zero-order valence-electron chi connectivity index (χ0n) is 12.1. The Morgan fingerprint density at radius 2 is 2.15 bits per heavy atom. The number of benzene rings is 1. The molecule has 0 aliphatic rings. The van der Waals surface area contributed by atoms with Gasteiger partial charge in [-0.25, -0.2) is 4.39 Å². The molecule has 20 heavy (non-hydrogen) atoms. The Morgan fingerprint density at radius 3 is 2.70 bits per heavy atom. The van der Waals surface area contributed by atoms with Gasteiger partial charge in [0.15, 0.2) is 11.6 Å². The van der Waals surface area contributed by atoms with Crippen LogP contribution in [-0.2, 0) is 20.1 Å². The molecule has 0 aliphatic carbocycles. The molecule has 0 amide bonds. The van der Waals surface area contributed by atoms with Gasteiger partial charge >= 0.3 is 0 Å². The third-order valence-electron chi connectivity index (χ3n) is 3.03. The van der Waals surface area contributed by atoms with E-state index in [0.717, 1.165) is 17.0 Å². The summed E-state index contributed by atoms with van der Waals surface area (Å²) in [7, 11) is 1.84. The standard InChI is InChI=1S/C15H20FN3O/c1-10(17)6-12-4-5-15(14(16)8-12)20-9-13-7-11(2)18-19(13)3/h4-5,7-8,10H,6,9,17H2,1-3H3. The molecule has 1 unspecified atom stereocenters. The molecule has 2 aromatic rings. The number of hydrogen-bond acceptors (Lipinski definition) is 3. The van der Waals surface area contributed by atoms with E-state index in [1.54, 1.807) is 10.7 Å². The largest absolute Gasteiger partial charge is 0.484 e. The quantitative estimate of drug-likeness (QED) is 0.912. The minimum Gasteiger partial charge on any atom is -0.484 e. The molecule has 0 spiro atoms. The van der Waals surface area contributed by atoms with E-state index in [0.29, 0.717) is 13.0 Å². The smallest absolute Gasteiger partial charge is 0.165 e. The number of ether oxygens (including phenoxy) is 1.